The predicted octanol–water partition coefficient (Wildman–Crippen LogP) is 4.03. The van der Waals surface area contributed by atoms with Gasteiger partial charge in [0.25, 0.3) is 10.0 Å². The maximum Gasteiger partial charge on any atom is 0.305 e. The van der Waals surface area contributed by atoms with E-state index >= 15 is 0 Å². The highest BCUT2D eigenvalue weighted by Crippen LogP contribution is 2.44. The smallest absolute Gasteiger partial charge is 0.305 e. The van der Waals surface area contributed by atoms with Gasteiger partial charge in [-0.05, 0) is 44.0 Å². The minimum atomic E-state index is -3.72. The number of methoxy groups -OCH3 is 1. The highest BCUT2D eigenvalue weighted by atomic mass is 32.2. The number of hydrogen-bond donors (Lipinski definition) is 1. The molecule has 0 saturated carbocycles. The summed E-state index contributed by atoms with van der Waals surface area (Å²) in [7, 11) is -0.605. The highest BCUT2D eigenvalue weighted by molar-refractivity contribution is 7.92. The number of hydrogen-bond acceptors (Lipinski definition) is 6. The number of unbranched alkanes of at least 4 members (excludes halogenated alkanes) is 3. The monoisotopic (exact) mass is 460 g/mol. The van der Waals surface area contributed by atoms with Gasteiger partial charge in [-0.1, -0.05) is 43.2 Å². The van der Waals surface area contributed by atoms with Crippen molar-refractivity contribution in [3.8, 4) is 5.75 Å². The SMILES string of the molecule is CCOC(=O)CCCCCCNC1c2ccccc2S(=O)(=O)N(C)c2c(OC)cccc21. The Morgan fingerprint density at radius 1 is 1.03 bits per heavy atom. The van der Waals surface area contributed by atoms with Gasteiger partial charge in [-0.2, -0.15) is 0 Å². The summed E-state index contributed by atoms with van der Waals surface area (Å²) in [6.07, 6.45) is 4.11. The van der Waals surface area contributed by atoms with Crippen LogP contribution in [-0.2, 0) is 19.6 Å². The number of nitrogens with one attached hydrogen (secondary N) is 1. The second-order valence-corrected chi connectivity index (χ2v) is 9.70. The summed E-state index contributed by atoms with van der Waals surface area (Å²) < 4.78 is 38.5. The Bertz CT molecular complexity index is 1040. The zero-order valence-corrected chi connectivity index (χ0v) is 19.8. The van der Waals surface area contributed by atoms with E-state index in [1.807, 2.05) is 31.2 Å². The molecule has 8 heteroatoms. The molecule has 0 aromatic heterocycles. The molecule has 0 saturated heterocycles. The Kier molecular flexibility index (Phi) is 8.15. The lowest BCUT2D eigenvalue weighted by atomic mass is 9.96. The van der Waals surface area contributed by atoms with Crippen molar-refractivity contribution in [1.29, 1.82) is 0 Å². The molecule has 0 fully saturated rings. The van der Waals surface area contributed by atoms with E-state index in [4.69, 9.17) is 9.47 Å². The van der Waals surface area contributed by atoms with E-state index in [1.165, 1.54) is 4.31 Å². The number of carbonyl (C=O) groups excluding carboxylic acids is 1. The van der Waals surface area contributed by atoms with Crippen LogP contribution in [0.4, 0.5) is 5.69 Å². The largest absolute Gasteiger partial charge is 0.495 e. The fraction of sp³-hybridized carbons (Fsp3) is 0.458. The minimum absolute atomic E-state index is 0.142. The zero-order valence-electron chi connectivity index (χ0n) is 19.0. The highest BCUT2D eigenvalue weighted by Gasteiger charge is 2.36. The Morgan fingerprint density at radius 3 is 2.50 bits per heavy atom. The molecule has 0 aliphatic carbocycles. The van der Waals surface area contributed by atoms with Crippen molar-refractivity contribution in [1.82, 2.24) is 5.32 Å². The zero-order chi connectivity index (χ0) is 23.1. The molecule has 1 N–H and O–H groups in total. The fourth-order valence-electron chi connectivity index (χ4n) is 4.11. The first-order valence-electron chi connectivity index (χ1n) is 11.1. The molecule has 0 amide bonds. The van der Waals surface area contributed by atoms with Crippen LogP contribution in [0.15, 0.2) is 47.4 Å². The Balaban J connectivity index is 1.77. The number of sulfonamides is 1. The van der Waals surface area contributed by atoms with Gasteiger partial charge < -0.3 is 14.8 Å². The van der Waals surface area contributed by atoms with Crippen molar-refractivity contribution in [2.45, 2.75) is 50.0 Å². The number of carbonyl (C=O) groups is 1. The Morgan fingerprint density at radius 2 is 1.75 bits per heavy atom. The van der Waals surface area contributed by atoms with Crippen LogP contribution in [0.5, 0.6) is 5.75 Å². The number of nitrogens with zero attached hydrogens (tertiary/aromatic N) is 1. The fourth-order valence-corrected chi connectivity index (χ4v) is 5.58. The molecule has 0 bridgehead atoms. The lowest BCUT2D eigenvalue weighted by Crippen LogP contribution is -2.27. The van der Waals surface area contributed by atoms with Crippen molar-refractivity contribution < 1.29 is 22.7 Å². The third-order valence-corrected chi connectivity index (χ3v) is 7.54. The molecule has 174 valence electrons. The van der Waals surface area contributed by atoms with Crippen molar-refractivity contribution in [3.63, 3.8) is 0 Å². The van der Waals surface area contributed by atoms with E-state index in [1.54, 1.807) is 32.4 Å². The number of para-hydroxylation sites is 1. The van der Waals surface area contributed by atoms with Gasteiger partial charge in [0.1, 0.15) is 5.75 Å². The van der Waals surface area contributed by atoms with Crippen molar-refractivity contribution in [2.75, 3.05) is 31.6 Å². The van der Waals surface area contributed by atoms with Gasteiger partial charge in [-0.25, -0.2) is 8.42 Å². The van der Waals surface area contributed by atoms with Crippen molar-refractivity contribution in [2.24, 2.45) is 0 Å². The summed E-state index contributed by atoms with van der Waals surface area (Å²) in [6, 6.07) is 12.5. The molecular formula is C24H32N2O5S. The van der Waals surface area contributed by atoms with Crippen LogP contribution >= 0.6 is 0 Å². The molecule has 7 nitrogen and oxygen atoms in total. The number of rotatable bonds is 10. The lowest BCUT2D eigenvalue weighted by molar-refractivity contribution is -0.143. The molecule has 1 aliphatic heterocycles. The first kappa shape index (κ1) is 24.1. The standard InChI is InChI=1S/C24H32N2O5S/c1-4-31-22(27)16-7-5-6-10-17-25-23-18-12-8-9-15-21(18)32(28,29)26(2)24-19(23)13-11-14-20(24)30-3/h8-9,11-15,23,25H,4-7,10,16-17H2,1-3H3. The normalized spacial score (nSPS) is 16.6. The average Bonchev–Trinajstić information content (AvgIpc) is 2.86. The van der Waals surface area contributed by atoms with Gasteiger partial charge in [0.2, 0.25) is 0 Å². The molecular weight excluding hydrogens is 428 g/mol. The summed E-state index contributed by atoms with van der Waals surface area (Å²) in [5.41, 5.74) is 2.15. The van der Waals surface area contributed by atoms with E-state index in [2.05, 4.69) is 5.32 Å². The van der Waals surface area contributed by atoms with E-state index in [0.29, 0.717) is 29.4 Å². The van der Waals surface area contributed by atoms with Crippen LogP contribution in [0.2, 0.25) is 0 Å². The summed E-state index contributed by atoms with van der Waals surface area (Å²) in [5.74, 6) is 0.378. The van der Waals surface area contributed by atoms with E-state index < -0.39 is 10.0 Å². The van der Waals surface area contributed by atoms with Crippen LogP contribution < -0.4 is 14.4 Å². The second kappa shape index (κ2) is 10.8. The van der Waals surface area contributed by atoms with E-state index in [0.717, 1.165) is 43.4 Å². The molecule has 1 atom stereocenters. The van der Waals surface area contributed by atoms with Gasteiger partial charge in [-0.3, -0.25) is 9.10 Å². The number of benzene rings is 2. The molecule has 2 aromatic carbocycles. The first-order chi connectivity index (χ1) is 15.4. The van der Waals surface area contributed by atoms with Crippen LogP contribution in [0.25, 0.3) is 0 Å². The van der Waals surface area contributed by atoms with E-state index in [-0.39, 0.29) is 12.0 Å². The quantitative estimate of drug-likeness (QED) is 0.426. The summed E-state index contributed by atoms with van der Waals surface area (Å²) in [5, 5.41) is 3.57. The molecule has 1 heterocycles. The van der Waals surface area contributed by atoms with Crippen LogP contribution in [0.3, 0.4) is 0 Å². The summed E-state index contributed by atoms with van der Waals surface area (Å²) >= 11 is 0. The summed E-state index contributed by atoms with van der Waals surface area (Å²) in [6.45, 7) is 2.95. The molecule has 0 radical (unpaired) electrons. The Hall–Kier alpha value is -2.58. The van der Waals surface area contributed by atoms with Crippen LogP contribution in [0.1, 0.15) is 56.2 Å². The van der Waals surface area contributed by atoms with Gasteiger partial charge >= 0.3 is 5.97 Å². The lowest BCUT2D eigenvalue weighted by Gasteiger charge is -2.24. The Labute approximate surface area is 190 Å². The molecule has 32 heavy (non-hydrogen) atoms. The number of fused-ring (bicyclic) bond motifs is 2. The van der Waals surface area contributed by atoms with Gasteiger partial charge in [-0.15, -0.1) is 0 Å². The molecule has 3 rings (SSSR count). The third-order valence-electron chi connectivity index (χ3n) is 5.71. The molecule has 0 spiro atoms. The van der Waals surface area contributed by atoms with Crippen molar-refractivity contribution >= 4 is 21.7 Å². The second-order valence-electron chi connectivity index (χ2n) is 7.76. The maximum atomic E-state index is 13.4. The molecule has 1 unspecified atom stereocenters. The van der Waals surface area contributed by atoms with Gasteiger partial charge in [0.05, 0.1) is 30.3 Å². The molecule has 2 aromatic rings. The molecule has 1 aliphatic rings. The summed E-state index contributed by atoms with van der Waals surface area (Å²) in [4.78, 5) is 11.7. The van der Waals surface area contributed by atoms with Crippen LogP contribution in [-0.4, -0.2) is 41.7 Å². The average molecular weight is 461 g/mol. The topological polar surface area (TPSA) is 84.9 Å². The predicted molar refractivity (Wildman–Crippen MR) is 125 cm³/mol. The van der Waals surface area contributed by atoms with Crippen molar-refractivity contribution in [3.05, 3.63) is 53.6 Å². The maximum absolute atomic E-state index is 13.4. The number of esters is 1. The van der Waals surface area contributed by atoms with E-state index in [9.17, 15) is 13.2 Å². The number of ether oxygens (including phenoxy) is 2. The third kappa shape index (κ3) is 5.07. The number of anilines is 1. The first-order valence-corrected chi connectivity index (χ1v) is 12.5. The van der Waals surface area contributed by atoms with Gasteiger partial charge in [0.15, 0.2) is 0 Å². The van der Waals surface area contributed by atoms with Gasteiger partial charge in [0, 0.05) is 19.0 Å². The van der Waals surface area contributed by atoms with Crippen LogP contribution in [0, 0.1) is 0 Å². The minimum Gasteiger partial charge on any atom is -0.495 e.